The van der Waals surface area contributed by atoms with Gasteiger partial charge in [-0.3, -0.25) is 4.90 Å². The van der Waals surface area contributed by atoms with Crippen molar-refractivity contribution in [3.63, 3.8) is 0 Å². The van der Waals surface area contributed by atoms with E-state index in [1.807, 2.05) is 0 Å². The maximum absolute atomic E-state index is 6.47. The molecule has 0 saturated carbocycles. The third kappa shape index (κ3) is 3.20. The van der Waals surface area contributed by atoms with Crippen molar-refractivity contribution in [2.24, 2.45) is 0 Å². The maximum Gasteiger partial charge on any atom is 0.0471 e. The molecule has 0 aromatic heterocycles. The maximum atomic E-state index is 6.47. The van der Waals surface area contributed by atoms with E-state index in [0.29, 0.717) is 6.04 Å². The highest BCUT2D eigenvalue weighted by molar-refractivity contribution is 6.31. The lowest BCUT2D eigenvalue weighted by atomic mass is 10.1. The van der Waals surface area contributed by atoms with E-state index in [0.717, 1.165) is 30.7 Å². The Bertz CT molecular complexity index is 491. The summed E-state index contributed by atoms with van der Waals surface area (Å²) in [5.74, 6) is 0. The smallest absolute Gasteiger partial charge is 0.0471 e. The normalized spacial score (nSPS) is 26.1. The average molecular weight is 308 g/mol. The molecule has 2 unspecified atom stereocenters. The van der Waals surface area contributed by atoms with E-state index in [2.05, 4.69) is 47.2 Å². The minimum Gasteiger partial charge on any atom is -0.366 e. The molecule has 2 aliphatic rings. The zero-order chi connectivity index (χ0) is 14.8. The molecular formula is C17H26ClN3. The molecule has 0 amide bonds. The Balaban J connectivity index is 1.75. The summed E-state index contributed by atoms with van der Waals surface area (Å²) < 4.78 is 0. The second-order valence-electron chi connectivity index (χ2n) is 6.35. The zero-order valence-electron chi connectivity index (χ0n) is 13.1. The van der Waals surface area contributed by atoms with Crippen LogP contribution in [0.1, 0.15) is 32.3 Å². The van der Waals surface area contributed by atoms with Crippen molar-refractivity contribution < 1.29 is 0 Å². The van der Waals surface area contributed by atoms with Gasteiger partial charge in [-0.15, -0.1) is 0 Å². The topological polar surface area (TPSA) is 18.5 Å². The first-order valence-corrected chi connectivity index (χ1v) is 8.56. The molecule has 4 heteroatoms. The number of halogens is 1. The molecule has 0 spiro atoms. The van der Waals surface area contributed by atoms with Gasteiger partial charge in [-0.1, -0.05) is 24.6 Å². The Morgan fingerprint density at radius 1 is 1.33 bits per heavy atom. The second-order valence-corrected chi connectivity index (χ2v) is 6.76. The van der Waals surface area contributed by atoms with Crippen LogP contribution in [0.15, 0.2) is 18.2 Å². The van der Waals surface area contributed by atoms with E-state index in [4.69, 9.17) is 11.6 Å². The van der Waals surface area contributed by atoms with Crippen molar-refractivity contribution >= 4 is 17.3 Å². The van der Waals surface area contributed by atoms with E-state index in [9.17, 15) is 0 Å². The molecule has 2 aliphatic heterocycles. The molecule has 2 atom stereocenters. The van der Waals surface area contributed by atoms with E-state index in [-0.39, 0.29) is 0 Å². The standard InChI is InChI=1S/C17H26ClN3/c1-3-19-10-14-6-7-15(9-17(14)18)21-12-16-5-4-8-20(16)11-13(21)2/h6-7,9,13,16,19H,3-5,8,10-12H2,1-2H3. The number of nitrogens with one attached hydrogen (secondary N) is 1. The first-order chi connectivity index (χ1) is 10.2. The van der Waals surface area contributed by atoms with Crippen LogP contribution in [0.4, 0.5) is 5.69 Å². The zero-order valence-corrected chi connectivity index (χ0v) is 13.9. The molecule has 21 heavy (non-hydrogen) atoms. The lowest BCUT2D eigenvalue weighted by Gasteiger charge is -2.43. The molecule has 1 aromatic carbocycles. The van der Waals surface area contributed by atoms with Crippen LogP contribution in [0, 0.1) is 0 Å². The van der Waals surface area contributed by atoms with Crippen molar-refractivity contribution in [3.05, 3.63) is 28.8 Å². The second kappa shape index (κ2) is 6.55. The minimum absolute atomic E-state index is 0.565. The number of rotatable bonds is 4. The average Bonchev–Trinajstić information content (AvgIpc) is 2.92. The molecule has 2 fully saturated rings. The molecule has 2 heterocycles. The summed E-state index contributed by atoms with van der Waals surface area (Å²) in [6.45, 7) is 9.87. The Hall–Kier alpha value is -0.770. The number of anilines is 1. The molecule has 0 aliphatic carbocycles. The molecule has 3 nitrogen and oxygen atoms in total. The SMILES string of the molecule is CCNCc1ccc(N2CC3CCCN3CC2C)cc1Cl. The van der Waals surface area contributed by atoms with Crippen LogP contribution in [-0.2, 0) is 6.54 Å². The predicted octanol–water partition coefficient (Wildman–Crippen LogP) is 3.12. The van der Waals surface area contributed by atoms with Crippen LogP contribution in [0.3, 0.4) is 0 Å². The summed E-state index contributed by atoms with van der Waals surface area (Å²) in [6.07, 6.45) is 2.70. The number of piperazine rings is 1. The Morgan fingerprint density at radius 2 is 2.19 bits per heavy atom. The van der Waals surface area contributed by atoms with Gasteiger partial charge in [0.25, 0.3) is 0 Å². The molecule has 2 saturated heterocycles. The fourth-order valence-electron chi connectivity index (χ4n) is 3.67. The largest absolute Gasteiger partial charge is 0.366 e. The van der Waals surface area contributed by atoms with Gasteiger partial charge in [0, 0.05) is 42.4 Å². The van der Waals surface area contributed by atoms with Gasteiger partial charge < -0.3 is 10.2 Å². The molecule has 3 rings (SSSR count). The number of benzene rings is 1. The van der Waals surface area contributed by atoms with Crippen LogP contribution in [0.2, 0.25) is 5.02 Å². The summed E-state index contributed by atoms with van der Waals surface area (Å²) >= 11 is 6.47. The molecular weight excluding hydrogens is 282 g/mol. The summed E-state index contributed by atoms with van der Waals surface area (Å²) in [4.78, 5) is 5.19. The summed E-state index contributed by atoms with van der Waals surface area (Å²) in [6, 6.07) is 7.86. The highest BCUT2D eigenvalue weighted by Gasteiger charge is 2.34. The molecule has 0 radical (unpaired) electrons. The van der Waals surface area contributed by atoms with Crippen molar-refractivity contribution in [1.29, 1.82) is 0 Å². The van der Waals surface area contributed by atoms with Gasteiger partial charge in [0.15, 0.2) is 0 Å². The summed E-state index contributed by atoms with van der Waals surface area (Å²) in [5.41, 5.74) is 2.47. The fraction of sp³-hybridized carbons (Fsp3) is 0.647. The number of hydrogen-bond donors (Lipinski definition) is 1. The first-order valence-electron chi connectivity index (χ1n) is 8.19. The van der Waals surface area contributed by atoms with Crippen LogP contribution in [0.5, 0.6) is 0 Å². The van der Waals surface area contributed by atoms with Crippen LogP contribution >= 0.6 is 11.6 Å². The Kier molecular flexibility index (Phi) is 4.72. The van der Waals surface area contributed by atoms with Gasteiger partial charge in [-0.05, 0) is 50.6 Å². The summed E-state index contributed by atoms with van der Waals surface area (Å²) in [7, 11) is 0. The lowest BCUT2D eigenvalue weighted by molar-refractivity contribution is 0.203. The Morgan fingerprint density at radius 3 is 2.95 bits per heavy atom. The van der Waals surface area contributed by atoms with E-state index in [1.54, 1.807) is 0 Å². The monoisotopic (exact) mass is 307 g/mol. The number of fused-ring (bicyclic) bond motifs is 1. The highest BCUT2D eigenvalue weighted by atomic mass is 35.5. The molecule has 1 N–H and O–H groups in total. The van der Waals surface area contributed by atoms with Crippen LogP contribution in [-0.4, -0.2) is 43.2 Å². The van der Waals surface area contributed by atoms with Gasteiger partial charge in [0.05, 0.1) is 0 Å². The first kappa shape index (κ1) is 15.1. The molecule has 1 aromatic rings. The van der Waals surface area contributed by atoms with Crippen molar-refractivity contribution in [3.8, 4) is 0 Å². The third-order valence-corrected chi connectivity index (χ3v) is 5.22. The quantitative estimate of drug-likeness (QED) is 0.922. The van der Waals surface area contributed by atoms with Gasteiger partial charge in [-0.25, -0.2) is 0 Å². The van der Waals surface area contributed by atoms with Crippen molar-refractivity contribution in [2.45, 2.75) is 45.3 Å². The van der Waals surface area contributed by atoms with Gasteiger partial charge >= 0.3 is 0 Å². The van der Waals surface area contributed by atoms with E-state index >= 15 is 0 Å². The van der Waals surface area contributed by atoms with E-state index in [1.165, 1.54) is 37.2 Å². The number of hydrogen-bond acceptors (Lipinski definition) is 3. The highest BCUT2D eigenvalue weighted by Crippen LogP contribution is 2.31. The Labute approximate surface area is 133 Å². The molecule has 0 bridgehead atoms. The number of nitrogens with zero attached hydrogens (tertiary/aromatic N) is 2. The summed E-state index contributed by atoms with van der Waals surface area (Å²) in [5, 5.41) is 4.22. The molecule has 116 valence electrons. The predicted molar refractivity (Wildman–Crippen MR) is 90.2 cm³/mol. The van der Waals surface area contributed by atoms with Gasteiger partial charge in [0.1, 0.15) is 0 Å². The third-order valence-electron chi connectivity index (χ3n) is 4.87. The van der Waals surface area contributed by atoms with Crippen LogP contribution < -0.4 is 10.2 Å². The minimum atomic E-state index is 0.565. The van der Waals surface area contributed by atoms with Gasteiger partial charge in [-0.2, -0.15) is 0 Å². The van der Waals surface area contributed by atoms with Crippen molar-refractivity contribution in [2.75, 3.05) is 31.1 Å². The van der Waals surface area contributed by atoms with Crippen molar-refractivity contribution in [1.82, 2.24) is 10.2 Å². The fourth-order valence-corrected chi connectivity index (χ4v) is 3.91. The van der Waals surface area contributed by atoms with Crippen LogP contribution in [0.25, 0.3) is 0 Å². The lowest BCUT2D eigenvalue weighted by Crippen LogP contribution is -2.55. The van der Waals surface area contributed by atoms with E-state index < -0.39 is 0 Å². The van der Waals surface area contributed by atoms with Gasteiger partial charge in [0.2, 0.25) is 0 Å².